The number of nitrogens with two attached hydrogens (primary N) is 1. The number of hydrogen-bond acceptors (Lipinski definition) is 3. The number of aromatic nitrogens is 1. The van der Waals surface area contributed by atoms with Gasteiger partial charge in [-0.3, -0.25) is 4.98 Å². The Kier molecular flexibility index (Phi) is 3.20. The van der Waals surface area contributed by atoms with E-state index in [1.165, 1.54) is 0 Å². The van der Waals surface area contributed by atoms with Gasteiger partial charge in [0, 0.05) is 5.39 Å². The van der Waals surface area contributed by atoms with Gasteiger partial charge >= 0.3 is 0 Å². The van der Waals surface area contributed by atoms with Crippen LogP contribution in [-0.4, -0.2) is 4.98 Å². The lowest BCUT2D eigenvalue weighted by atomic mass is 10.2. The van der Waals surface area contributed by atoms with Gasteiger partial charge in [-0.05, 0) is 36.8 Å². The number of anilines is 1. The number of halogens is 1. The Morgan fingerprint density at radius 2 is 1.95 bits per heavy atom. The average Bonchev–Trinajstić information content (AvgIpc) is 2.46. The van der Waals surface area contributed by atoms with Crippen LogP contribution in [0.2, 0.25) is 5.02 Å². The number of nitrogens with zero attached hydrogens (tertiary/aromatic N) is 1. The fraction of sp³-hybridized carbons (Fsp3) is 0.0625. The standard InChI is InChI=1S/C16H13ClN2O/c1-10-6-7-12(17)15(8-10)20-16-11-4-2-3-5-14(11)19-9-13(16)18/h2-9H,18H2,1H3. The van der Waals surface area contributed by atoms with Crippen molar-refractivity contribution in [2.75, 3.05) is 5.73 Å². The van der Waals surface area contributed by atoms with E-state index in [1.807, 2.05) is 49.4 Å². The zero-order valence-corrected chi connectivity index (χ0v) is 11.7. The van der Waals surface area contributed by atoms with Crippen LogP contribution in [0.1, 0.15) is 5.56 Å². The second-order valence-electron chi connectivity index (χ2n) is 4.60. The molecule has 4 heteroatoms. The summed E-state index contributed by atoms with van der Waals surface area (Å²) in [6, 6.07) is 13.3. The second-order valence-corrected chi connectivity index (χ2v) is 5.00. The van der Waals surface area contributed by atoms with E-state index < -0.39 is 0 Å². The van der Waals surface area contributed by atoms with E-state index in [0.717, 1.165) is 16.5 Å². The third kappa shape index (κ3) is 2.28. The molecule has 3 nitrogen and oxygen atoms in total. The van der Waals surface area contributed by atoms with Crippen LogP contribution in [0.4, 0.5) is 5.69 Å². The summed E-state index contributed by atoms with van der Waals surface area (Å²) in [5.74, 6) is 1.18. The maximum absolute atomic E-state index is 6.17. The third-order valence-electron chi connectivity index (χ3n) is 3.05. The SMILES string of the molecule is Cc1ccc(Cl)c(Oc2c(N)cnc3ccccc23)c1. The highest BCUT2D eigenvalue weighted by Crippen LogP contribution is 2.37. The van der Waals surface area contributed by atoms with Gasteiger partial charge in [-0.2, -0.15) is 0 Å². The molecule has 3 rings (SSSR count). The topological polar surface area (TPSA) is 48.1 Å². The molecule has 0 spiro atoms. The minimum absolute atomic E-state index is 0.487. The van der Waals surface area contributed by atoms with Crippen LogP contribution in [0.15, 0.2) is 48.7 Å². The molecule has 0 fully saturated rings. The summed E-state index contributed by atoms with van der Waals surface area (Å²) in [4.78, 5) is 4.29. The highest BCUT2D eigenvalue weighted by Gasteiger charge is 2.11. The van der Waals surface area contributed by atoms with E-state index in [2.05, 4.69) is 4.98 Å². The Bertz CT molecular complexity index is 787. The van der Waals surface area contributed by atoms with Gasteiger partial charge in [-0.1, -0.05) is 29.8 Å². The van der Waals surface area contributed by atoms with Gasteiger partial charge in [0.2, 0.25) is 0 Å². The molecular formula is C16H13ClN2O. The summed E-state index contributed by atoms with van der Waals surface area (Å²) in [5.41, 5.74) is 8.38. The van der Waals surface area contributed by atoms with E-state index in [1.54, 1.807) is 6.20 Å². The van der Waals surface area contributed by atoms with Crippen molar-refractivity contribution in [3.63, 3.8) is 0 Å². The van der Waals surface area contributed by atoms with E-state index >= 15 is 0 Å². The Hall–Kier alpha value is -2.26. The molecule has 0 radical (unpaired) electrons. The molecule has 1 aromatic heterocycles. The van der Waals surface area contributed by atoms with Crippen LogP contribution >= 0.6 is 11.6 Å². The molecule has 0 saturated heterocycles. The van der Waals surface area contributed by atoms with Crippen molar-refractivity contribution in [2.45, 2.75) is 6.92 Å². The summed E-state index contributed by atoms with van der Waals surface area (Å²) >= 11 is 6.17. The van der Waals surface area contributed by atoms with Gasteiger partial charge < -0.3 is 10.5 Å². The molecule has 0 amide bonds. The molecule has 0 aliphatic rings. The first-order valence-corrected chi connectivity index (χ1v) is 6.60. The molecule has 0 atom stereocenters. The molecule has 0 bridgehead atoms. The lowest BCUT2D eigenvalue weighted by molar-refractivity contribution is 0.490. The zero-order valence-electron chi connectivity index (χ0n) is 10.9. The van der Waals surface area contributed by atoms with Crippen molar-refractivity contribution in [3.05, 3.63) is 59.2 Å². The Labute approximate surface area is 122 Å². The van der Waals surface area contributed by atoms with Crippen molar-refractivity contribution in [3.8, 4) is 11.5 Å². The maximum Gasteiger partial charge on any atom is 0.161 e. The second kappa shape index (κ2) is 5.02. The molecule has 2 aromatic carbocycles. The van der Waals surface area contributed by atoms with Crippen LogP contribution < -0.4 is 10.5 Å². The normalized spacial score (nSPS) is 10.7. The summed E-state index contributed by atoms with van der Waals surface area (Å²) < 4.78 is 5.94. The lowest BCUT2D eigenvalue weighted by Gasteiger charge is -2.12. The minimum atomic E-state index is 0.487. The van der Waals surface area contributed by atoms with Gasteiger partial charge in [-0.15, -0.1) is 0 Å². The monoisotopic (exact) mass is 284 g/mol. The number of fused-ring (bicyclic) bond motifs is 1. The van der Waals surface area contributed by atoms with Crippen LogP contribution in [0.25, 0.3) is 10.9 Å². The number of rotatable bonds is 2. The summed E-state index contributed by atoms with van der Waals surface area (Å²) in [5, 5.41) is 1.42. The van der Waals surface area contributed by atoms with E-state index in [-0.39, 0.29) is 0 Å². The van der Waals surface area contributed by atoms with Crippen molar-refractivity contribution in [2.24, 2.45) is 0 Å². The van der Waals surface area contributed by atoms with Crippen LogP contribution in [-0.2, 0) is 0 Å². The molecule has 100 valence electrons. The Balaban J connectivity index is 2.15. The quantitative estimate of drug-likeness (QED) is 0.750. The molecule has 0 aliphatic carbocycles. The van der Waals surface area contributed by atoms with Gasteiger partial charge in [-0.25, -0.2) is 0 Å². The lowest BCUT2D eigenvalue weighted by Crippen LogP contribution is -1.95. The number of para-hydroxylation sites is 1. The number of aryl methyl sites for hydroxylation is 1. The van der Waals surface area contributed by atoms with E-state index in [0.29, 0.717) is 22.2 Å². The average molecular weight is 285 g/mol. The first-order chi connectivity index (χ1) is 9.65. The van der Waals surface area contributed by atoms with Crippen molar-refractivity contribution >= 4 is 28.2 Å². The first kappa shape index (κ1) is 12.8. The Morgan fingerprint density at radius 3 is 2.80 bits per heavy atom. The van der Waals surface area contributed by atoms with Gasteiger partial charge in [0.25, 0.3) is 0 Å². The van der Waals surface area contributed by atoms with Crippen LogP contribution in [0.3, 0.4) is 0 Å². The van der Waals surface area contributed by atoms with Crippen LogP contribution in [0.5, 0.6) is 11.5 Å². The van der Waals surface area contributed by atoms with Crippen LogP contribution in [0, 0.1) is 6.92 Å². The molecular weight excluding hydrogens is 272 g/mol. The fourth-order valence-corrected chi connectivity index (χ4v) is 2.20. The molecule has 20 heavy (non-hydrogen) atoms. The molecule has 0 saturated carbocycles. The molecule has 1 heterocycles. The predicted molar refractivity (Wildman–Crippen MR) is 82.4 cm³/mol. The number of benzene rings is 2. The van der Waals surface area contributed by atoms with E-state index in [4.69, 9.17) is 22.1 Å². The number of hydrogen-bond donors (Lipinski definition) is 1. The Morgan fingerprint density at radius 1 is 1.15 bits per heavy atom. The number of nitrogen functional groups attached to an aromatic ring is 1. The predicted octanol–water partition coefficient (Wildman–Crippen LogP) is 4.57. The van der Waals surface area contributed by atoms with Crippen molar-refractivity contribution in [1.82, 2.24) is 4.98 Å². The van der Waals surface area contributed by atoms with Gasteiger partial charge in [0.15, 0.2) is 5.75 Å². The highest BCUT2D eigenvalue weighted by atomic mass is 35.5. The van der Waals surface area contributed by atoms with Crippen molar-refractivity contribution < 1.29 is 4.74 Å². The minimum Gasteiger partial charge on any atom is -0.453 e. The first-order valence-electron chi connectivity index (χ1n) is 6.22. The van der Waals surface area contributed by atoms with Crippen molar-refractivity contribution in [1.29, 1.82) is 0 Å². The molecule has 0 aliphatic heterocycles. The molecule has 3 aromatic rings. The maximum atomic E-state index is 6.17. The highest BCUT2D eigenvalue weighted by molar-refractivity contribution is 6.32. The number of pyridine rings is 1. The summed E-state index contributed by atoms with van der Waals surface area (Å²) in [6.07, 6.45) is 1.60. The molecule has 0 unspecified atom stereocenters. The number of ether oxygens (including phenoxy) is 1. The van der Waals surface area contributed by atoms with E-state index in [9.17, 15) is 0 Å². The zero-order chi connectivity index (χ0) is 14.1. The summed E-state index contributed by atoms with van der Waals surface area (Å²) in [6.45, 7) is 1.98. The van der Waals surface area contributed by atoms with Gasteiger partial charge in [0.05, 0.1) is 22.4 Å². The smallest absolute Gasteiger partial charge is 0.161 e. The third-order valence-corrected chi connectivity index (χ3v) is 3.36. The fourth-order valence-electron chi connectivity index (χ4n) is 2.04. The largest absolute Gasteiger partial charge is 0.453 e. The molecule has 2 N–H and O–H groups in total. The van der Waals surface area contributed by atoms with Gasteiger partial charge in [0.1, 0.15) is 5.75 Å². The summed E-state index contributed by atoms with van der Waals surface area (Å²) in [7, 11) is 0.